The molecule has 4 aromatic rings. The Bertz CT molecular complexity index is 1610. The second-order valence-electron chi connectivity index (χ2n) is 10.3. The van der Waals surface area contributed by atoms with Gasteiger partial charge in [0, 0.05) is 49.7 Å². The molecule has 0 radical (unpaired) electrons. The monoisotopic (exact) mass is 554 g/mol. The molecule has 1 aromatic heterocycles. The second-order valence-corrected chi connectivity index (χ2v) is 10.3. The highest BCUT2D eigenvalue weighted by molar-refractivity contribution is 6.22. The van der Waals surface area contributed by atoms with Gasteiger partial charge in [-0.25, -0.2) is 9.79 Å². The maximum Gasteiger partial charge on any atom is 0.336 e. The van der Waals surface area contributed by atoms with E-state index in [0.717, 1.165) is 25.1 Å². The fourth-order valence-electron chi connectivity index (χ4n) is 5.43. The molecule has 5 rings (SSSR count). The van der Waals surface area contributed by atoms with Gasteiger partial charge in [-0.1, -0.05) is 30.3 Å². The lowest BCUT2D eigenvalue weighted by Crippen LogP contribution is -2.35. The maximum atomic E-state index is 13.2. The van der Waals surface area contributed by atoms with Crippen molar-refractivity contribution in [2.45, 2.75) is 13.3 Å². The van der Waals surface area contributed by atoms with E-state index < -0.39 is 5.97 Å². The molecule has 41 heavy (non-hydrogen) atoms. The van der Waals surface area contributed by atoms with Crippen molar-refractivity contribution in [3.8, 4) is 5.88 Å². The number of aliphatic hydroxyl groups is 1. The van der Waals surface area contributed by atoms with E-state index in [0.29, 0.717) is 58.6 Å². The number of rotatable bonds is 7. The number of nitrogens with zero attached hydrogens (tertiary/aromatic N) is 4. The normalized spacial score (nSPS) is 14.8. The van der Waals surface area contributed by atoms with Gasteiger partial charge < -0.3 is 24.8 Å². The number of aliphatic imine (C=N–C) groups is 1. The molecule has 212 valence electrons. The van der Waals surface area contributed by atoms with Crippen molar-refractivity contribution in [3.05, 3.63) is 94.5 Å². The highest BCUT2D eigenvalue weighted by Gasteiger charge is 2.24. The number of aromatic hydroxyl groups is 1. The van der Waals surface area contributed by atoms with E-state index in [-0.39, 0.29) is 24.0 Å². The van der Waals surface area contributed by atoms with Crippen LogP contribution in [-0.4, -0.2) is 86.6 Å². The number of aliphatic hydroxyl groups excluding tert-OH is 1. The van der Waals surface area contributed by atoms with Gasteiger partial charge in [-0.2, -0.15) is 0 Å². The van der Waals surface area contributed by atoms with Crippen molar-refractivity contribution < 1.29 is 24.9 Å². The van der Waals surface area contributed by atoms with Crippen LogP contribution in [0.5, 0.6) is 5.88 Å². The first-order chi connectivity index (χ1) is 19.8. The fraction of sp³-hybridized carbons (Fsp3) is 0.281. The zero-order chi connectivity index (χ0) is 29.1. The van der Waals surface area contributed by atoms with Crippen LogP contribution in [0.4, 0.5) is 5.69 Å². The van der Waals surface area contributed by atoms with Crippen molar-refractivity contribution >= 4 is 34.2 Å². The predicted molar refractivity (Wildman–Crippen MR) is 159 cm³/mol. The highest BCUT2D eigenvalue weighted by Crippen LogP contribution is 2.35. The van der Waals surface area contributed by atoms with Crippen LogP contribution in [0.15, 0.2) is 71.7 Å². The summed E-state index contributed by atoms with van der Waals surface area (Å²) in [6.45, 7) is 5.34. The number of aromatic carboxylic acids is 1. The third-order valence-electron chi connectivity index (χ3n) is 7.68. The molecule has 1 saturated heterocycles. The maximum absolute atomic E-state index is 13.2. The largest absolute Gasteiger partial charge is 0.494 e. The van der Waals surface area contributed by atoms with E-state index in [2.05, 4.69) is 4.90 Å². The van der Waals surface area contributed by atoms with Crippen LogP contribution in [-0.2, 0) is 7.05 Å². The lowest BCUT2D eigenvalue weighted by Gasteiger charge is -2.21. The summed E-state index contributed by atoms with van der Waals surface area (Å²) in [6.07, 6.45) is 0.858. The van der Waals surface area contributed by atoms with Gasteiger partial charge >= 0.3 is 5.97 Å². The summed E-state index contributed by atoms with van der Waals surface area (Å²) in [5, 5.41) is 30.8. The Kier molecular flexibility index (Phi) is 8.19. The van der Waals surface area contributed by atoms with E-state index in [1.165, 1.54) is 0 Å². The minimum absolute atomic E-state index is 0.0206. The van der Waals surface area contributed by atoms with Crippen LogP contribution in [0.2, 0.25) is 0 Å². The smallest absolute Gasteiger partial charge is 0.336 e. The van der Waals surface area contributed by atoms with E-state index >= 15 is 0 Å². The van der Waals surface area contributed by atoms with Gasteiger partial charge in [0.15, 0.2) is 0 Å². The minimum atomic E-state index is -1.03. The Balaban J connectivity index is 1.52. The molecule has 3 aromatic carbocycles. The lowest BCUT2D eigenvalue weighted by atomic mass is 9.98. The third kappa shape index (κ3) is 5.73. The van der Waals surface area contributed by atoms with Gasteiger partial charge in [0.05, 0.1) is 34.6 Å². The van der Waals surface area contributed by atoms with E-state index in [1.54, 1.807) is 54.9 Å². The number of hydrogen-bond donors (Lipinski definition) is 3. The Hall–Kier alpha value is -4.47. The lowest BCUT2D eigenvalue weighted by molar-refractivity contribution is 0.0695. The molecule has 9 heteroatoms. The average Bonchev–Trinajstić information content (AvgIpc) is 3.11. The SMILES string of the molecule is Cc1cc2c(C(=Nc3ccc(C(=O)N4CCCN(CCO)CC4)cc3)c3ccccc3)c(O)n(C)c2cc1C(=O)O. The van der Waals surface area contributed by atoms with Crippen molar-refractivity contribution in [1.29, 1.82) is 0 Å². The summed E-state index contributed by atoms with van der Waals surface area (Å²) < 4.78 is 1.57. The third-order valence-corrected chi connectivity index (χ3v) is 7.68. The number of benzene rings is 3. The summed E-state index contributed by atoms with van der Waals surface area (Å²) >= 11 is 0. The Morgan fingerprint density at radius 1 is 0.927 bits per heavy atom. The molecule has 0 aliphatic carbocycles. The molecule has 1 aliphatic heterocycles. The van der Waals surface area contributed by atoms with Crippen LogP contribution in [0.1, 0.15) is 43.8 Å². The zero-order valence-corrected chi connectivity index (χ0v) is 23.2. The standard InChI is InChI=1S/C32H34N4O5/c1-21-19-26-27(20-25(21)32(40)41)34(2)31(39)28(26)29(22-7-4-3-5-8-22)33-24-11-9-23(10-12-24)30(38)36-14-6-13-35(15-16-36)17-18-37/h3-5,7-12,19-20,37,39H,6,13-18H2,1-2H3,(H,40,41). The van der Waals surface area contributed by atoms with Gasteiger partial charge in [0.25, 0.3) is 5.91 Å². The number of carbonyl (C=O) groups is 2. The Morgan fingerprint density at radius 2 is 1.66 bits per heavy atom. The van der Waals surface area contributed by atoms with E-state index in [1.807, 2.05) is 35.2 Å². The number of carboxylic acids is 1. The number of carboxylic acid groups (broad SMARTS) is 1. The van der Waals surface area contributed by atoms with Gasteiger partial charge in [0.1, 0.15) is 0 Å². The molecule has 1 aliphatic rings. The quantitative estimate of drug-likeness (QED) is 0.295. The number of aryl methyl sites for hydroxylation is 2. The summed E-state index contributed by atoms with van der Waals surface area (Å²) in [5.41, 5.74) is 4.35. The molecule has 0 saturated carbocycles. The molecular formula is C32H34N4O5. The number of aromatic nitrogens is 1. The molecule has 0 unspecified atom stereocenters. The number of fused-ring (bicyclic) bond motifs is 1. The molecule has 2 heterocycles. The topological polar surface area (TPSA) is 119 Å². The van der Waals surface area contributed by atoms with Crippen LogP contribution in [0.3, 0.4) is 0 Å². The fourth-order valence-corrected chi connectivity index (χ4v) is 5.43. The minimum Gasteiger partial charge on any atom is -0.494 e. The van der Waals surface area contributed by atoms with E-state index in [9.17, 15) is 24.9 Å². The van der Waals surface area contributed by atoms with Crippen molar-refractivity contribution in [2.24, 2.45) is 12.0 Å². The molecule has 9 nitrogen and oxygen atoms in total. The molecule has 1 fully saturated rings. The molecule has 0 atom stereocenters. The molecule has 0 spiro atoms. The summed E-state index contributed by atoms with van der Waals surface area (Å²) in [6, 6.07) is 20.0. The first-order valence-electron chi connectivity index (χ1n) is 13.7. The van der Waals surface area contributed by atoms with Gasteiger partial charge in [-0.05, 0) is 61.9 Å². The second kappa shape index (κ2) is 12.0. The predicted octanol–water partition coefficient (Wildman–Crippen LogP) is 4.20. The number of carbonyl (C=O) groups excluding carboxylic acids is 1. The van der Waals surface area contributed by atoms with Gasteiger partial charge in [0.2, 0.25) is 5.88 Å². The van der Waals surface area contributed by atoms with Crippen molar-refractivity contribution in [1.82, 2.24) is 14.4 Å². The van der Waals surface area contributed by atoms with Gasteiger partial charge in [-0.15, -0.1) is 0 Å². The van der Waals surface area contributed by atoms with Crippen molar-refractivity contribution in [3.63, 3.8) is 0 Å². The molecular weight excluding hydrogens is 520 g/mol. The average molecular weight is 555 g/mol. The first-order valence-corrected chi connectivity index (χ1v) is 13.7. The first kappa shape index (κ1) is 28.1. The molecule has 3 N–H and O–H groups in total. The summed E-state index contributed by atoms with van der Waals surface area (Å²) in [4.78, 5) is 34.0. The van der Waals surface area contributed by atoms with Crippen LogP contribution in [0.25, 0.3) is 10.9 Å². The Morgan fingerprint density at radius 3 is 2.34 bits per heavy atom. The summed E-state index contributed by atoms with van der Waals surface area (Å²) in [7, 11) is 1.69. The highest BCUT2D eigenvalue weighted by atomic mass is 16.4. The molecule has 0 bridgehead atoms. The Labute approximate surface area is 238 Å². The van der Waals surface area contributed by atoms with Crippen LogP contribution in [0, 0.1) is 6.92 Å². The number of amides is 1. The van der Waals surface area contributed by atoms with Crippen molar-refractivity contribution in [2.75, 3.05) is 39.3 Å². The number of hydrogen-bond acceptors (Lipinski definition) is 6. The van der Waals surface area contributed by atoms with E-state index in [4.69, 9.17) is 4.99 Å². The molecule has 1 amide bonds. The number of β-amino-alcohol motifs (C(OH)–C–C–N with tert-alkyl or cyclic N) is 1. The zero-order valence-electron chi connectivity index (χ0n) is 23.2. The van der Waals surface area contributed by atoms with Gasteiger partial charge in [-0.3, -0.25) is 9.69 Å². The summed E-state index contributed by atoms with van der Waals surface area (Å²) in [5.74, 6) is -1.08. The van der Waals surface area contributed by atoms with Crippen LogP contribution < -0.4 is 0 Å². The van der Waals surface area contributed by atoms with Crippen LogP contribution >= 0.6 is 0 Å².